The van der Waals surface area contributed by atoms with Gasteiger partial charge in [-0.15, -0.1) is 0 Å². The molecule has 72 valence electrons. The molecule has 0 aromatic carbocycles. The number of hydrogen-bond donors (Lipinski definition) is 0. The highest BCUT2D eigenvalue weighted by molar-refractivity contribution is 9.08. The van der Waals surface area contributed by atoms with Gasteiger partial charge < -0.3 is 4.74 Å². The highest BCUT2D eigenvalue weighted by atomic mass is 79.9. The van der Waals surface area contributed by atoms with Crippen LogP contribution in [-0.4, -0.2) is 17.6 Å². The number of aromatic nitrogens is 1. The van der Waals surface area contributed by atoms with E-state index in [4.69, 9.17) is 16.3 Å². The first-order chi connectivity index (χ1) is 6.19. The number of thiazole rings is 1. The monoisotopic (exact) mass is 283 g/mol. The maximum Gasteiger partial charge on any atom is 0.350 e. The Kier molecular flexibility index (Phi) is 4.15. The second-order valence-corrected chi connectivity index (χ2v) is 4.24. The summed E-state index contributed by atoms with van der Waals surface area (Å²) < 4.78 is 5.19. The van der Waals surface area contributed by atoms with Gasteiger partial charge in [0.1, 0.15) is 4.88 Å². The van der Waals surface area contributed by atoms with Crippen molar-refractivity contribution in [3.8, 4) is 0 Å². The minimum atomic E-state index is -0.360. The highest BCUT2D eigenvalue weighted by Gasteiger charge is 2.17. The molecule has 0 unspecified atom stereocenters. The second kappa shape index (κ2) is 4.93. The summed E-state index contributed by atoms with van der Waals surface area (Å²) in [6.07, 6.45) is 0. The van der Waals surface area contributed by atoms with E-state index in [2.05, 4.69) is 20.9 Å². The summed E-state index contributed by atoms with van der Waals surface area (Å²) in [5.74, 6) is -0.360. The topological polar surface area (TPSA) is 39.2 Å². The summed E-state index contributed by atoms with van der Waals surface area (Å²) in [7, 11) is 0. The van der Waals surface area contributed by atoms with Gasteiger partial charge in [-0.2, -0.15) is 0 Å². The Hall–Kier alpha value is -0.130. The van der Waals surface area contributed by atoms with E-state index in [1.165, 1.54) is 0 Å². The smallest absolute Gasteiger partial charge is 0.350 e. The molecule has 0 atom stereocenters. The predicted molar refractivity (Wildman–Crippen MR) is 55.7 cm³/mol. The number of alkyl halides is 1. The van der Waals surface area contributed by atoms with Gasteiger partial charge in [-0.25, -0.2) is 9.78 Å². The summed E-state index contributed by atoms with van der Waals surface area (Å²) in [5, 5.41) is 0.504. The zero-order chi connectivity index (χ0) is 9.84. The average molecular weight is 285 g/mol. The molecule has 0 aliphatic carbocycles. The molecule has 0 amide bonds. The Labute approximate surface area is 93.2 Å². The number of hydrogen-bond acceptors (Lipinski definition) is 4. The molecule has 1 aromatic heterocycles. The van der Waals surface area contributed by atoms with E-state index in [0.717, 1.165) is 11.3 Å². The third-order valence-corrected chi connectivity index (χ3v) is 2.97. The standard InChI is InChI=1S/C7H7BrClNO2S/c1-2-12-6(11)5-4(3-8)10-7(9)13-5/h2-3H2,1H3. The molecule has 1 heterocycles. The molecule has 13 heavy (non-hydrogen) atoms. The van der Waals surface area contributed by atoms with Crippen molar-refractivity contribution in [2.75, 3.05) is 6.61 Å². The summed E-state index contributed by atoms with van der Waals surface area (Å²) >= 11 is 10.0. The Balaban J connectivity index is 2.91. The van der Waals surface area contributed by atoms with Crippen molar-refractivity contribution < 1.29 is 9.53 Å². The van der Waals surface area contributed by atoms with E-state index in [9.17, 15) is 4.79 Å². The number of ether oxygens (including phenoxy) is 1. The van der Waals surface area contributed by atoms with Gasteiger partial charge in [0.15, 0.2) is 4.47 Å². The highest BCUT2D eigenvalue weighted by Crippen LogP contribution is 2.25. The molecule has 0 fully saturated rings. The molecule has 6 heteroatoms. The number of carbonyl (C=O) groups excluding carboxylic acids is 1. The van der Waals surface area contributed by atoms with Crippen molar-refractivity contribution in [1.29, 1.82) is 0 Å². The summed E-state index contributed by atoms with van der Waals surface area (Å²) in [4.78, 5) is 15.8. The van der Waals surface area contributed by atoms with Crippen LogP contribution in [0.1, 0.15) is 22.3 Å². The fraction of sp³-hybridized carbons (Fsp3) is 0.429. The van der Waals surface area contributed by atoms with Gasteiger partial charge in [0.05, 0.1) is 12.3 Å². The van der Waals surface area contributed by atoms with Gasteiger partial charge >= 0.3 is 5.97 Å². The number of halogens is 2. The Morgan fingerprint density at radius 1 is 1.77 bits per heavy atom. The third-order valence-electron chi connectivity index (χ3n) is 1.26. The molecule has 0 saturated heterocycles. The number of esters is 1. The minimum absolute atomic E-state index is 0.357. The molecular weight excluding hydrogens is 278 g/mol. The molecule has 0 N–H and O–H groups in total. The second-order valence-electron chi connectivity index (χ2n) is 2.10. The van der Waals surface area contributed by atoms with E-state index < -0.39 is 0 Å². The minimum Gasteiger partial charge on any atom is -0.462 e. The first-order valence-corrected chi connectivity index (χ1v) is 5.89. The van der Waals surface area contributed by atoms with Crippen molar-refractivity contribution >= 4 is 44.8 Å². The molecule has 0 bridgehead atoms. The molecule has 0 aliphatic rings. The van der Waals surface area contributed by atoms with Crippen molar-refractivity contribution in [2.24, 2.45) is 0 Å². The van der Waals surface area contributed by atoms with Crippen LogP contribution in [0.25, 0.3) is 0 Å². The van der Waals surface area contributed by atoms with E-state index in [-0.39, 0.29) is 5.97 Å². The molecule has 0 spiro atoms. The Morgan fingerprint density at radius 2 is 2.46 bits per heavy atom. The van der Waals surface area contributed by atoms with Crippen molar-refractivity contribution in [3.63, 3.8) is 0 Å². The van der Waals surface area contributed by atoms with Crippen LogP contribution in [0.5, 0.6) is 0 Å². The number of nitrogens with zero attached hydrogens (tertiary/aromatic N) is 1. The van der Waals surface area contributed by atoms with E-state index in [1.54, 1.807) is 6.92 Å². The van der Waals surface area contributed by atoms with Crippen LogP contribution in [-0.2, 0) is 10.1 Å². The zero-order valence-corrected chi connectivity index (χ0v) is 10.0. The number of carbonyl (C=O) groups is 1. The Bertz CT molecular complexity index is 315. The van der Waals surface area contributed by atoms with E-state index in [1.807, 2.05) is 0 Å². The first kappa shape index (κ1) is 10.9. The van der Waals surface area contributed by atoms with Crippen LogP contribution in [0.4, 0.5) is 0 Å². The van der Waals surface area contributed by atoms with Crippen molar-refractivity contribution in [2.45, 2.75) is 12.3 Å². The summed E-state index contributed by atoms with van der Waals surface area (Å²) in [6.45, 7) is 2.12. The first-order valence-electron chi connectivity index (χ1n) is 3.57. The third kappa shape index (κ3) is 2.65. The summed E-state index contributed by atoms with van der Waals surface area (Å²) in [6, 6.07) is 0. The summed E-state index contributed by atoms with van der Waals surface area (Å²) in [5.41, 5.74) is 0.633. The molecular formula is C7H7BrClNO2S. The fourth-order valence-electron chi connectivity index (χ4n) is 0.770. The van der Waals surface area contributed by atoms with Gasteiger partial charge in [0.2, 0.25) is 0 Å². The van der Waals surface area contributed by atoms with E-state index in [0.29, 0.717) is 27.0 Å². The van der Waals surface area contributed by atoms with Gasteiger partial charge in [-0.3, -0.25) is 0 Å². The van der Waals surface area contributed by atoms with Crippen LogP contribution in [0.2, 0.25) is 4.47 Å². The van der Waals surface area contributed by atoms with Crippen molar-refractivity contribution in [3.05, 3.63) is 15.0 Å². The van der Waals surface area contributed by atoms with Crippen LogP contribution >= 0.6 is 38.9 Å². The zero-order valence-electron chi connectivity index (χ0n) is 6.84. The molecule has 1 aromatic rings. The van der Waals surface area contributed by atoms with Crippen LogP contribution in [0.15, 0.2) is 0 Å². The number of rotatable bonds is 3. The quantitative estimate of drug-likeness (QED) is 0.633. The maximum absolute atomic E-state index is 11.3. The van der Waals surface area contributed by atoms with Gasteiger partial charge in [0.25, 0.3) is 0 Å². The predicted octanol–water partition coefficient (Wildman–Crippen LogP) is 2.87. The molecule has 1 rings (SSSR count). The molecule has 3 nitrogen and oxygen atoms in total. The molecule has 0 saturated carbocycles. The SMILES string of the molecule is CCOC(=O)c1sc(Cl)nc1CBr. The average Bonchev–Trinajstić information content (AvgIpc) is 2.47. The molecule has 0 aliphatic heterocycles. The fourth-order valence-corrected chi connectivity index (χ4v) is 2.40. The normalized spacial score (nSPS) is 10.1. The molecule has 0 radical (unpaired) electrons. The largest absolute Gasteiger partial charge is 0.462 e. The Morgan fingerprint density at radius 3 is 3.00 bits per heavy atom. The van der Waals surface area contributed by atoms with Crippen LogP contribution in [0.3, 0.4) is 0 Å². The lowest BCUT2D eigenvalue weighted by molar-refractivity contribution is 0.0531. The van der Waals surface area contributed by atoms with Gasteiger partial charge in [-0.1, -0.05) is 38.9 Å². The van der Waals surface area contributed by atoms with Crippen molar-refractivity contribution in [1.82, 2.24) is 4.98 Å². The van der Waals surface area contributed by atoms with Gasteiger partial charge in [-0.05, 0) is 6.92 Å². The van der Waals surface area contributed by atoms with Crippen LogP contribution in [0, 0.1) is 0 Å². The van der Waals surface area contributed by atoms with E-state index >= 15 is 0 Å². The lowest BCUT2D eigenvalue weighted by atomic mass is 10.4. The lowest BCUT2D eigenvalue weighted by Gasteiger charge is -1.98. The van der Waals surface area contributed by atoms with Gasteiger partial charge in [0, 0.05) is 5.33 Å². The van der Waals surface area contributed by atoms with Crippen LogP contribution < -0.4 is 0 Å². The lowest BCUT2D eigenvalue weighted by Crippen LogP contribution is -2.04. The maximum atomic E-state index is 11.3.